The lowest BCUT2D eigenvalue weighted by Gasteiger charge is -2.11. The van der Waals surface area contributed by atoms with Gasteiger partial charge in [-0.3, -0.25) is 4.79 Å². The Bertz CT molecular complexity index is 198. The maximum absolute atomic E-state index is 11.0. The van der Waals surface area contributed by atoms with Gasteiger partial charge in [0.1, 0.15) is 0 Å². The van der Waals surface area contributed by atoms with Crippen LogP contribution in [0.2, 0.25) is 0 Å². The van der Waals surface area contributed by atoms with Crippen molar-refractivity contribution in [2.24, 2.45) is 11.1 Å². The van der Waals surface area contributed by atoms with Gasteiger partial charge in [0.25, 0.3) is 0 Å². The molecule has 62 valence electrons. The summed E-state index contributed by atoms with van der Waals surface area (Å²) in [5.41, 5.74) is 6.25. The first-order valence-corrected chi connectivity index (χ1v) is 4.15. The third kappa shape index (κ3) is 0.948. The Labute approximate surface area is 66.5 Å². The fraction of sp³-hybridized carbons (Fsp3) is 0.875. The fourth-order valence-corrected chi connectivity index (χ4v) is 1.92. The molecule has 0 aromatic rings. The Balaban J connectivity index is 2.07. The van der Waals surface area contributed by atoms with E-state index in [4.69, 9.17) is 5.73 Å². The van der Waals surface area contributed by atoms with Gasteiger partial charge in [-0.1, -0.05) is 0 Å². The molecule has 1 aliphatic carbocycles. The largest absolute Gasteiger partial charge is 0.341 e. The van der Waals surface area contributed by atoms with Crippen LogP contribution in [-0.2, 0) is 4.79 Å². The summed E-state index contributed by atoms with van der Waals surface area (Å²) in [6.07, 6.45) is 2.44. The molecule has 2 aliphatic rings. The molecular formula is C8H14N2O. The summed E-state index contributed by atoms with van der Waals surface area (Å²) in [7, 11) is 0. The van der Waals surface area contributed by atoms with Crippen LogP contribution in [0.15, 0.2) is 0 Å². The number of likely N-dealkylation sites (tertiary alicyclic amines) is 1. The second-order valence-electron chi connectivity index (χ2n) is 3.87. The van der Waals surface area contributed by atoms with Gasteiger partial charge >= 0.3 is 0 Å². The summed E-state index contributed by atoms with van der Waals surface area (Å²) < 4.78 is 0. The van der Waals surface area contributed by atoms with Crippen LogP contribution in [0.25, 0.3) is 0 Å². The Morgan fingerprint density at radius 2 is 2.27 bits per heavy atom. The Hall–Kier alpha value is -0.570. The lowest BCUT2D eigenvalue weighted by atomic mass is 10.0. The molecule has 1 atom stereocenters. The monoisotopic (exact) mass is 154 g/mol. The fourth-order valence-electron chi connectivity index (χ4n) is 1.92. The van der Waals surface area contributed by atoms with Gasteiger partial charge in [0.2, 0.25) is 5.91 Å². The van der Waals surface area contributed by atoms with Crippen LogP contribution in [0.5, 0.6) is 0 Å². The standard InChI is InChI=1S/C8H14N2O/c1-6(11)10-4-7(9)8(5-10)2-3-8/h7H,2-5,9H2,1H3. The lowest BCUT2D eigenvalue weighted by Crippen LogP contribution is -2.31. The number of hydrogen-bond acceptors (Lipinski definition) is 2. The summed E-state index contributed by atoms with van der Waals surface area (Å²) in [5.74, 6) is 0.171. The van der Waals surface area contributed by atoms with Crippen molar-refractivity contribution in [2.75, 3.05) is 13.1 Å². The number of nitrogens with zero attached hydrogens (tertiary/aromatic N) is 1. The molecule has 0 aromatic carbocycles. The first-order chi connectivity index (χ1) is 5.14. The zero-order chi connectivity index (χ0) is 8.06. The predicted octanol–water partition coefficient (Wildman–Crippen LogP) is -0.0440. The van der Waals surface area contributed by atoms with Crippen molar-refractivity contribution in [3.63, 3.8) is 0 Å². The zero-order valence-corrected chi connectivity index (χ0v) is 6.84. The highest BCUT2D eigenvalue weighted by Gasteiger charge is 2.53. The van der Waals surface area contributed by atoms with Crippen molar-refractivity contribution >= 4 is 5.91 Å². The molecule has 3 heteroatoms. The molecule has 1 amide bonds. The number of nitrogens with two attached hydrogens (primary N) is 1. The summed E-state index contributed by atoms with van der Waals surface area (Å²) in [6.45, 7) is 3.30. The van der Waals surface area contributed by atoms with E-state index in [1.807, 2.05) is 4.90 Å². The molecule has 0 radical (unpaired) electrons. The molecule has 1 spiro atoms. The predicted molar refractivity (Wildman–Crippen MR) is 41.9 cm³/mol. The highest BCUT2D eigenvalue weighted by Crippen LogP contribution is 2.51. The highest BCUT2D eigenvalue weighted by atomic mass is 16.2. The molecule has 1 unspecified atom stereocenters. The van der Waals surface area contributed by atoms with E-state index < -0.39 is 0 Å². The van der Waals surface area contributed by atoms with E-state index in [0.29, 0.717) is 5.41 Å². The van der Waals surface area contributed by atoms with E-state index in [9.17, 15) is 4.79 Å². The van der Waals surface area contributed by atoms with Crippen LogP contribution >= 0.6 is 0 Å². The number of amides is 1. The van der Waals surface area contributed by atoms with Gasteiger partial charge in [-0.25, -0.2) is 0 Å². The quantitative estimate of drug-likeness (QED) is 0.532. The van der Waals surface area contributed by atoms with Crippen LogP contribution < -0.4 is 5.73 Å². The van der Waals surface area contributed by atoms with Crippen molar-refractivity contribution in [2.45, 2.75) is 25.8 Å². The first kappa shape index (κ1) is 7.10. The van der Waals surface area contributed by atoms with Gasteiger partial charge in [0.05, 0.1) is 0 Å². The first-order valence-electron chi connectivity index (χ1n) is 4.15. The van der Waals surface area contributed by atoms with Gasteiger partial charge < -0.3 is 10.6 Å². The molecule has 1 saturated heterocycles. The van der Waals surface area contributed by atoms with Gasteiger partial charge in [-0.15, -0.1) is 0 Å². The second-order valence-corrected chi connectivity index (χ2v) is 3.87. The van der Waals surface area contributed by atoms with Gasteiger partial charge in [0, 0.05) is 31.5 Å². The number of carbonyl (C=O) groups excluding carboxylic acids is 1. The van der Waals surface area contributed by atoms with Crippen LogP contribution in [0.3, 0.4) is 0 Å². The maximum atomic E-state index is 11.0. The van der Waals surface area contributed by atoms with Crippen molar-refractivity contribution in [3.8, 4) is 0 Å². The zero-order valence-electron chi connectivity index (χ0n) is 6.84. The van der Waals surface area contributed by atoms with Crippen molar-refractivity contribution in [1.82, 2.24) is 4.90 Å². The normalized spacial score (nSPS) is 32.9. The number of hydrogen-bond donors (Lipinski definition) is 1. The van der Waals surface area contributed by atoms with Gasteiger partial charge in [-0.2, -0.15) is 0 Å². The summed E-state index contributed by atoms with van der Waals surface area (Å²) in [6, 6.07) is 0.242. The summed E-state index contributed by atoms with van der Waals surface area (Å²) >= 11 is 0. The smallest absolute Gasteiger partial charge is 0.219 e. The third-order valence-corrected chi connectivity index (χ3v) is 3.05. The molecule has 2 fully saturated rings. The average Bonchev–Trinajstić information content (AvgIpc) is 2.59. The minimum atomic E-state index is 0.171. The van der Waals surface area contributed by atoms with Gasteiger partial charge in [-0.05, 0) is 12.8 Å². The molecule has 0 bridgehead atoms. The molecule has 2 rings (SSSR count). The molecule has 2 N–H and O–H groups in total. The lowest BCUT2D eigenvalue weighted by molar-refractivity contribution is -0.128. The van der Waals surface area contributed by atoms with E-state index in [0.717, 1.165) is 13.1 Å². The van der Waals surface area contributed by atoms with Crippen molar-refractivity contribution in [3.05, 3.63) is 0 Å². The topological polar surface area (TPSA) is 46.3 Å². The van der Waals surface area contributed by atoms with Crippen LogP contribution in [0, 0.1) is 5.41 Å². The van der Waals surface area contributed by atoms with Crippen LogP contribution in [0.4, 0.5) is 0 Å². The number of carbonyl (C=O) groups is 1. The van der Waals surface area contributed by atoms with E-state index in [2.05, 4.69) is 0 Å². The molecule has 1 aliphatic heterocycles. The molecular weight excluding hydrogens is 140 g/mol. The average molecular weight is 154 g/mol. The minimum absolute atomic E-state index is 0.171. The Morgan fingerprint density at radius 3 is 2.55 bits per heavy atom. The van der Waals surface area contributed by atoms with E-state index in [1.54, 1.807) is 6.92 Å². The van der Waals surface area contributed by atoms with Crippen molar-refractivity contribution < 1.29 is 4.79 Å². The molecule has 3 nitrogen and oxygen atoms in total. The second kappa shape index (κ2) is 1.97. The number of rotatable bonds is 0. The van der Waals surface area contributed by atoms with Crippen LogP contribution in [0.1, 0.15) is 19.8 Å². The summed E-state index contributed by atoms with van der Waals surface area (Å²) in [5, 5.41) is 0. The molecule has 1 heterocycles. The SMILES string of the molecule is CC(=O)N1CC(N)C2(CC2)C1. The Morgan fingerprint density at radius 1 is 1.64 bits per heavy atom. The molecule has 0 aromatic heterocycles. The van der Waals surface area contributed by atoms with E-state index in [1.165, 1.54) is 12.8 Å². The van der Waals surface area contributed by atoms with Gasteiger partial charge in [0.15, 0.2) is 0 Å². The van der Waals surface area contributed by atoms with E-state index >= 15 is 0 Å². The van der Waals surface area contributed by atoms with Crippen molar-refractivity contribution in [1.29, 1.82) is 0 Å². The molecule has 1 saturated carbocycles. The maximum Gasteiger partial charge on any atom is 0.219 e. The minimum Gasteiger partial charge on any atom is -0.341 e. The third-order valence-electron chi connectivity index (χ3n) is 3.05. The highest BCUT2D eigenvalue weighted by molar-refractivity contribution is 5.73. The molecule has 11 heavy (non-hydrogen) atoms. The summed E-state index contributed by atoms with van der Waals surface area (Å²) in [4.78, 5) is 12.9. The van der Waals surface area contributed by atoms with Crippen LogP contribution in [-0.4, -0.2) is 29.9 Å². The van der Waals surface area contributed by atoms with E-state index in [-0.39, 0.29) is 11.9 Å². The Kier molecular flexibility index (Phi) is 1.27.